The number of pyridine rings is 1. The van der Waals surface area contributed by atoms with E-state index in [0.717, 1.165) is 31.6 Å². The predicted molar refractivity (Wildman–Crippen MR) is 131 cm³/mol. The van der Waals surface area contributed by atoms with Crippen LogP contribution in [0.25, 0.3) is 0 Å². The van der Waals surface area contributed by atoms with Gasteiger partial charge in [0, 0.05) is 23.7 Å². The Kier molecular flexibility index (Phi) is 7.31. The zero-order valence-corrected chi connectivity index (χ0v) is 21.4. The number of hydrogen-bond donors (Lipinski definition) is 3. The lowest BCUT2D eigenvalue weighted by molar-refractivity contribution is -0.260. The minimum Gasteiger partial charge on any atom is -0.481 e. The molecule has 3 atom stereocenters. The number of nitrogens with zero attached hydrogens (tertiary/aromatic N) is 1. The second-order valence-corrected chi connectivity index (χ2v) is 12.3. The molecule has 1 aromatic heterocycles. The van der Waals surface area contributed by atoms with Crippen molar-refractivity contribution >= 4 is 23.6 Å². The van der Waals surface area contributed by atoms with E-state index >= 15 is 0 Å². The molecule has 36 heavy (non-hydrogen) atoms. The van der Waals surface area contributed by atoms with Crippen LogP contribution in [0.15, 0.2) is 17.2 Å². The summed E-state index contributed by atoms with van der Waals surface area (Å²) in [6.45, 7) is 0.577. The Bertz CT molecular complexity index is 983. The van der Waals surface area contributed by atoms with Crippen molar-refractivity contribution in [3.63, 3.8) is 0 Å². The monoisotopic (exact) mass is 523 g/mol. The molecule has 1 aromatic rings. The van der Waals surface area contributed by atoms with Gasteiger partial charge in [0.05, 0.1) is 17.6 Å². The van der Waals surface area contributed by atoms with Crippen LogP contribution < -0.4 is 10.6 Å². The fourth-order valence-electron chi connectivity index (χ4n) is 7.46. The number of ether oxygens (including phenoxy) is 1. The van der Waals surface area contributed by atoms with Crippen molar-refractivity contribution in [3.8, 4) is 0 Å². The number of alkyl halides is 2. The number of carbonyl (C=O) groups excluding carboxylic acids is 1. The van der Waals surface area contributed by atoms with Gasteiger partial charge in [-0.3, -0.25) is 9.59 Å². The first-order valence-electron chi connectivity index (χ1n) is 13.1. The summed E-state index contributed by atoms with van der Waals surface area (Å²) in [5, 5.41) is 16.7. The summed E-state index contributed by atoms with van der Waals surface area (Å²) >= 11 is 1.52. The normalized spacial score (nSPS) is 34.9. The van der Waals surface area contributed by atoms with E-state index < -0.39 is 23.6 Å². The maximum absolute atomic E-state index is 13.5. The van der Waals surface area contributed by atoms with Gasteiger partial charge < -0.3 is 20.5 Å². The molecule has 4 bridgehead atoms. The maximum Gasteiger partial charge on any atom is 0.345 e. The van der Waals surface area contributed by atoms with Crippen molar-refractivity contribution in [2.75, 3.05) is 18.8 Å². The molecule has 198 valence electrons. The largest absolute Gasteiger partial charge is 0.481 e. The number of aromatic nitrogens is 1. The Morgan fingerprint density at radius 3 is 2.64 bits per heavy atom. The number of carbonyl (C=O) groups is 2. The Morgan fingerprint density at radius 1 is 1.28 bits per heavy atom. The number of carboxylic acids is 1. The van der Waals surface area contributed by atoms with Crippen molar-refractivity contribution in [1.29, 1.82) is 0 Å². The molecule has 3 N–H and O–H groups in total. The Labute approximate surface area is 214 Å². The van der Waals surface area contributed by atoms with E-state index in [0.29, 0.717) is 54.4 Å². The number of hydrogen-bond acceptors (Lipinski definition) is 6. The molecule has 5 fully saturated rings. The minimum absolute atomic E-state index is 0.00847. The lowest BCUT2D eigenvalue weighted by Gasteiger charge is -2.59. The molecule has 10 heteroatoms. The molecule has 4 aliphatic carbocycles. The van der Waals surface area contributed by atoms with Gasteiger partial charge in [0.1, 0.15) is 5.03 Å². The number of halogens is 2. The molecule has 1 amide bonds. The summed E-state index contributed by atoms with van der Waals surface area (Å²) in [4.78, 5) is 30.0. The highest BCUT2D eigenvalue weighted by Gasteiger charge is 2.57. The highest BCUT2D eigenvalue weighted by atomic mass is 32.2. The molecular weight excluding hydrogens is 488 g/mol. The van der Waals surface area contributed by atoms with E-state index in [4.69, 9.17) is 9.72 Å². The lowest BCUT2D eigenvalue weighted by atomic mass is 9.52. The number of amides is 1. The highest BCUT2D eigenvalue weighted by molar-refractivity contribution is 7.99. The van der Waals surface area contributed by atoms with Gasteiger partial charge in [0.15, 0.2) is 0 Å². The minimum atomic E-state index is -2.77. The average Bonchev–Trinajstić information content (AvgIpc) is 3.27. The first kappa shape index (κ1) is 25.9. The van der Waals surface area contributed by atoms with E-state index in [1.54, 1.807) is 6.07 Å². The van der Waals surface area contributed by atoms with Gasteiger partial charge in [-0.05, 0) is 87.1 Å². The van der Waals surface area contributed by atoms with E-state index in [-0.39, 0.29) is 30.2 Å². The van der Waals surface area contributed by atoms with Gasteiger partial charge in [-0.15, -0.1) is 11.8 Å². The van der Waals surface area contributed by atoms with Crippen LogP contribution in [0.4, 0.5) is 8.78 Å². The molecule has 4 saturated carbocycles. The van der Waals surface area contributed by atoms with E-state index in [1.165, 1.54) is 11.8 Å². The first-order chi connectivity index (χ1) is 17.2. The highest BCUT2D eigenvalue weighted by Crippen LogP contribution is 2.57. The third-order valence-corrected chi connectivity index (χ3v) is 9.88. The Balaban J connectivity index is 1.37. The van der Waals surface area contributed by atoms with Crippen LogP contribution in [0.5, 0.6) is 0 Å². The third kappa shape index (κ3) is 5.00. The molecule has 0 spiro atoms. The number of thioether (sulfide) groups is 1. The van der Waals surface area contributed by atoms with Crippen molar-refractivity contribution in [3.05, 3.63) is 23.4 Å². The van der Waals surface area contributed by atoms with Crippen LogP contribution in [0.2, 0.25) is 0 Å². The quantitative estimate of drug-likeness (QED) is 0.395. The number of nitrogens with one attached hydrogen (secondary N) is 2. The first-order valence-corrected chi connectivity index (χ1v) is 14.0. The summed E-state index contributed by atoms with van der Waals surface area (Å²) in [5.41, 5.74) is -0.111. The van der Waals surface area contributed by atoms with Gasteiger partial charge in [-0.2, -0.15) is 8.78 Å². The average molecular weight is 524 g/mol. The van der Waals surface area contributed by atoms with E-state index in [2.05, 4.69) is 17.6 Å². The summed E-state index contributed by atoms with van der Waals surface area (Å²) in [5.74, 6) is 0.413. The summed E-state index contributed by atoms with van der Waals surface area (Å²) < 4.78 is 31.4. The molecule has 5 aliphatic rings. The van der Waals surface area contributed by atoms with Gasteiger partial charge in [0.2, 0.25) is 0 Å². The van der Waals surface area contributed by atoms with Crippen molar-refractivity contribution < 1.29 is 28.2 Å². The molecule has 7 nitrogen and oxygen atoms in total. The van der Waals surface area contributed by atoms with Crippen molar-refractivity contribution in [1.82, 2.24) is 15.6 Å². The second kappa shape index (κ2) is 10.2. The predicted octanol–water partition coefficient (Wildman–Crippen LogP) is 4.21. The molecule has 2 heterocycles. The van der Waals surface area contributed by atoms with Crippen molar-refractivity contribution in [2.24, 2.45) is 17.8 Å². The van der Waals surface area contributed by atoms with Gasteiger partial charge in [-0.25, -0.2) is 4.98 Å². The van der Waals surface area contributed by atoms with E-state index in [9.17, 15) is 23.5 Å². The van der Waals surface area contributed by atoms with Crippen LogP contribution in [0, 0.1) is 17.8 Å². The zero-order valence-electron chi connectivity index (χ0n) is 20.6. The molecule has 1 aliphatic heterocycles. The number of aliphatic carboxylic acids is 1. The fraction of sp³-hybridized carbons (Fsp3) is 0.731. The zero-order chi connectivity index (χ0) is 25.5. The molecular formula is C26H35F2N3O4S. The van der Waals surface area contributed by atoms with Crippen LogP contribution in [-0.2, 0) is 14.9 Å². The third-order valence-electron chi connectivity index (χ3n) is 8.68. The standard InChI is InChI=1S/C26H35F2N3O4S/c1-2-7-36-23-18(3-4-19(30-23)25(13-20(32)33)5-6-29-14-25)22(34)31-21-16-8-15-9-17(21)12-26(10-15,11-16)35-24(27)28/h3-4,15-17,21,24,29H,2,5-14H2,1H3,(H,31,34)(H,32,33)/t15?,16?,17?,21-,25-,26+/m0/s1. The number of rotatable bonds is 10. The number of carboxylic acid groups (broad SMARTS) is 1. The fourth-order valence-corrected chi connectivity index (χ4v) is 8.34. The van der Waals surface area contributed by atoms with Gasteiger partial charge in [0.25, 0.3) is 5.91 Å². The molecule has 2 unspecified atom stereocenters. The van der Waals surface area contributed by atoms with Gasteiger partial charge >= 0.3 is 12.6 Å². The summed E-state index contributed by atoms with van der Waals surface area (Å²) in [6.07, 6.45) is 5.30. The van der Waals surface area contributed by atoms with Gasteiger partial charge in [-0.1, -0.05) is 6.92 Å². The second-order valence-electron chi connectivity index (χ2n) is 11.2. The summed E-state index contributed by atoms with van der Waals surface area (Å²) in [6, 6.07) is 3.54. The Morgan fingerprint density at radius 2 is 2.03 bits per heavy atom. The van der Waals surface area contributed by atoms with Crippen LogP contribution in [0.3, 0.4) is 0 Å². The van der Waals surface area contributed by atoms with Crippen LogP contribution in [0.1, 0.15) is 74.3 Å². The van der Waals surface area contributed by atoms with Crippen LogP contribution in [-0.4, -0.2) is 59.1 Å². The smallest absolute Gasteiger partial charge is 0.345 e. The Hall–Kier alpha value is -1.78. The SMILES string of the molecule is CCCSc1nc([C@]2(CC(=O)O)CCNC2)ccc1C(=O)N[C@H]1C2CC3CC1C[C@@](OC(F)F)(C3)C2. The molecule has 1 saturated heterocycles. The van der Waals surface area contributed by atoms with Crippen molar-refractivity contribution in [2.45, 2.75) is 87.0 Å². The molecule has 0 radical (unpaired) electrons. The molecule has 6 rings (SSSR count). The lowest BCUT2D eigenvalue weighted by Crippen LogP contribution is -2.62. The maximum atomic E-state index is 13.5. The molecule has 0 aromatic carbocycles. The van der Waals surface area contributed by atoms with E-state index in [1.807, 2.05) is 6.07 Å². The van der Waals surface area contributed by atoms with Crippen LogP contribution >= 0.6 is 11.8 Å². The summed E-state index contributed by atoms with van der Waals surface area (Å²) in [7, 11) is 0. The topological polar surface area (TPSA) is 101 Å².